The molecule has 2 aliphatic heterocycles. The van der Waals surface area contributed by atoms with Gasteiger partial charge in [0.25, 0.3) is 10.0 Å². The van der Waals surface area contributed by atoms with Crippen LogP contribution in [0.5, 0.6) is 0 Å². The van der Waals surface area contributed by atoms with Crippen LogP contribution in [0.3, 0.4) is 0 Å². The number of rotatable bonds is 4. The Balaban J connectivity index is 1.40. The van der Waals surface area contributed by atoms with Crippen molar-refractivity contribution < 1.29 is 13.2 Å². The Bertz CT molecular complexity index is 902. The molecule has 7 nitrogen and oxygen atoms in total. The first-order valence-electron chi connectivity index (χ1n) is 8.05. The van der Waals surface area contributed by atoms with Crippen LogP contribution >= 0.6 is 0 Å². The summed E-state index contributed by atoms with van der Waals surface area (Å²) >= 11 is 0. The topological polar surface area (TPSA) is 86.4 Å². The van der Waals surface area contributed by atoms with E-state index >= 15 is 0 Å². The van der Waals surface area contributed by atoms with Crippen molar-refractivity contribution in [2.24, 2.45) is 0 Å². The molecule has 4 rings (SSSR count). The van der Waals surface area contributed by atoms with E-state index in [-0.39, 0.29) is 10.9 Å². The summed E-state index contributed by atoms with van der Waals surface area (Å²) in [6, 6.07) is 8.61. The van der Waals surface area contributed by atoms with E-state index in [4.69, 9.17) is 0 Å². The number of pyridine rings is 1. The largest absolute Gasteiger partial charge is 0.365 e. The molecule has 2 aromatic heterocycles. The van der Waals surface area contributed by atoms with E-state index in [1.807, 2.05) is 12.1 Å². The molecular formula is C17H18N4O3S. The molecule has 25 heavy (non-hydrogen) atoms. The van der Waals surface area contributed by atoms with E-state index in [0.717, 1.165) is 16.8 Å². The predicted octanol–water partition coefficient (Wildman–Crippen LogP) is 0.795. The predicted molar refractivity (Wildman–Crippen MR) is 91.1 cm³/mol. The minimum absolute atomic E-state index is 0.0518. The van der Waals surface area contributed by atoms with E-state index in [2.05, 4.69) is 9.97 Å². The van der Waals surface area contributed by atoms with Crippen molar-refractivity contribution in [3.8, 4) is 0 Å². The molecule has 0 aromatic carbocycles. The second-order valence-electron chi connectivity index (χ2n) is 6.27. The molecule has 0 fully saturated rings. The maximum absolute atomic E-state index is 12.6. The fourth-order valence-corrected chi connectivity index (χ4v) is 4.64. The highest BCUT2D eigenvalue weighted by molar-refractivity contribution is 7.89. The number of hydrogen-bond donors (Lipinski definition) is 1. The summed E-state index contributed by atoms with van der Waals surface area (Å²) in [5.41, 5.74) is 2.94. The second kappa shape index (κ2) is 6.12. The zero-order valence-corrected chi connectivity index (χ0v) is 14.4. The third-order valence-electron chi connectivity index (χ3n) is 4.60. The van der Waals surface area contributed by atoms with Crippen LogP contribution in [-0.2, 0) is 21.2 Å². The first-order valence-corrected chi connectivity index (χ1v) is 9.49. The number of hydrogen-bond acceptors (Lipinski definition) is 4. The molecule has 2 aliphatic rings. The quantitative estimate of drug-likeness (QED) is 0.819. The summed E-state index contributed by atoms with van der Waals surface area (Å²) in [6.07, 6.45) is 3.61. The van der Waals surface area contributed by atoms with E-state index in [9.17, 15) is 13.2 Å². The molecular weight excluding hydrogens is 340 g/mol. The average molecular weight is 358 g/mol. The van der Waals surface area contributed by atoms with Crippen LogP contribution in [-0.4, -0.2) is 59.7 Å². The van der Waals surface area contributed by atoms with Crippen molar-refractivity contribution in [2.45, 2.75) is 11.4 Å². The summed E-state index contributed by atoms with van der Waals surface area (Å²) in [5.74, 6) is 0.0518. The zero-order chi connectivity index (χ0) is 17.4. The smallest absolute Gasteiger partial charge is 0.261 e. The summed E-state index contributed by atoms with van der Waals surface area (Å²) < 4.78 is 26.7. The molecule has 0 saturated carbocycles. The van der Waals surface area contributed by atoms with Gasteiger partial charge in [-0.25, -0.2) is 13.4 Å². The van der Waals surface area contributed by atoms with Crippen LogP contribution in [0.2, 0.25) is 0 Å². The lowest BCUT2D eigenvalue weighted by Crippen LogP contribution is -2.37. The van der Waals surface area contributed by atoms with Crippen molar-refractivity contribution >= 4 is 15.9 Å². The van der Waals surface area contributed by atoms with Gasteiger partial charge in [0, 0.05) is 44.3 Å². The van der Waals surface area contributed by atoms with Gasteiger partial charge in [0.15, 0.2) is 5.03 Å². The van der Waals surface area contributed by atoms with Crippen molar-refractivity contribution in [2.75, 3.05) is 26.2 Å². The lowest BCUT2D eigenvalue weighted by molar-refractivity contribution is -0.129. The van der Waals surface area contributed by atoms with Gasteiger partial charge in [-0.2, -0.15) is 4.31 Å². The zero-order valence-electron chi connectivity index (χ0n) is 13.6. The van der Waals surface area contributed by atoms with Crippen LogP contribution in [0.1, 0.15) is 5.69 Å². The van der Waals surface area contributed by atoms with Crippen LogP contribution in [0.15, 0.2) is 58.9 Å². The highest BCUT2D eigenvalue weighted by Gasteiger charge is 2.37. The first kappa shape index (κ1) is 16.0. The van der Waals surface area contributed by atoms with Crippen LogP contribution < -0.4 is 0 Å². The number of nitrogens with zero attached hydrogens (tertiary/aromatic N) is 3. The van der Waals surface area contributed by atoms with Gasteiger partial charge in [0.1, 0.15) is 0 Å². The summed E-state index contributed by atoms with van der Waals surface area (Å²) in [7, 11) is -3.59. The number of H-pyrrole nitrogens is 1. The third-order valence-corrected chi connectivity index (χ3v) is 6.30. The van der Waals surface area contributed by atoms with Gasteiger partial charge in [0.2, 0.25) is 5.91 Å². The highest BCUT2D eigenvalue weighted by Crippen LogP contribution is 2.29. The monoisotopic (exact) mass is 358 g/mol. The number of amides is 1. The number of nitrogens with one attached hydrogen (secondary N) is 1. The minimum atomic E-state index is -3.59. The van der Waals surface area contributed by atoms with Crippen molar-refractivity contribution in [3.05, 3.63) is 59.6 Å². The maximum Gasteiger partial charge on any atom is 0.261 e. The van der Waals surface area contributed by atoms with Crippen molar-refractivity contribution in [3.63, 3.8) is 0 Å². The second-order valence-corrected chi connectivity index (χ2v) is 8.15. The molecule has 1 N–H and O–H groups in total. The van der Waals surface area contributed by atoms with Gasteiger partial charge in [-0.1, -0.05) is 6.07 Å². The van der Waals surface area contributed by atoms with Crippen LogP contribution in [0, 0.1) is 0 Å². The molecule has 0 spiro atoms. The van der Waals surface area contributed by atoms with E-state index < -0.39 is 10.0 Å². The normalized spacial score (nSPS) is 18.0. The Morgan fingerprint density at radius 1 is 1.08 bits per heavy atom. The molecule has 2 aromatic rings. The molecule has 0 atom stereocenters. The number of carbonyl (C=O) groups excluding carboxylic acids is 1. The molecule has 8 heteroatoms. The Morgan fingerprint density at radius 3 is 2.44 bits per heavy atom. The van der Waals surface area contributed by atoms with Crippen LogP contribution in [0.4, 0.5) is 0 Å². The van der Waals surface area contributed by atoms with Gasteiger partial charge in [-0.15, -0.1) is 0 Å². The van der Waals surface area contributed by atoms with Gasteiger partial charge in [-0.05, 0) is 35.4 Å². The number of carbonyl (C=O) groups is 1. The average Bonchev–Trinajstić information content (AvgIpc) is 3.31. The lowest BCUT2D eigenvalue weighted by atomic mass is 10.2. The van der Waals surface area contributed by atoms with Gasteiger partial charge >= 0.3 is 0 Å². The van der Waals surface area contributed by atoms with Crippen LogP contribution in [0.25, 0.3) is 0 Å². The molecule has 4 heterocycles. The molecule has 0 radical (unpaired) electrons. The first-order chi connectivity index (χ1) is 12.0. The van der Waals surface area contributed by atoms with E-state index in [1.165, 1.54) is 16.6 Å². The molecule has 130 valence electrons. The SMILES string of the molecule is O=C(Cc1ccc[nH]1)N1CC2=C(C1)CN(S(=O)(=O)c1ccccn1)C2. The van der Waals surface area contributed by atoms with E-state index in [0.29, 0.717) is 32.6 Å². The van der Waals surface area contributed by atoms with Crippen molar-refractivity contribution in [1.82, 2.24) is 19.2 Å². The Labute approximate surface area is 146 Å². The fourth-order valence-electron chi connectivity index (χ4n) is 3.28. The number of aromatic nitrogens is 2. The Morgan fingerprint density at radius 2 is 1.84 bits per heavy atom. The van der Waals surface area contributed by atoms with Gasteiger partial charge in [0.05, 0.1) is 6.42 Å². The van der Waals surface area contributed by atoms with Gasteiger partial charge < -0.3 is 9.88 Å². The minimum Gasteiger partial charge on any atom is -0.365 e. The number of sulfonamides is 1. The molecule has 0 bridgehead atoms. The van der Waals surface area contributed by atoms with Gasteiger partial charge in [-0.3, -0.25) is 4.79 Å². The molecule has 0 saturated heterocycles. The van der Waals surface area contributed by atoms with E-state index in [1.54, 1.807) is 23.2 Å². The maximum atomic E-state index is 12.6. The Hall–Kier alpha value is -2.45. The number of aromatic amines is 1. The summed E-state index contributed by atoms with van der Waals surface area (Å²) in [5, 5.41) is 0.0656. The third kappa shape index (κ3) is 2.98. The Kier molecular flexibility index (Phi) is 3.93. The highest BCUT2D eigenvalue weighted by atomic mass is 32.2. The standard InChI is InChI=1S/C17H18N4O3S/c22-17(8-15-4-3-7-18-15)20-9-13-11-21(12-14(13)10-20)25(23,24)16-5-1-2-6-19-16/h1-7,18H,8-12H2. The molecule has 0 aliphatic carbocycles. The fraction of sp³-hybridized carbons (Fsp3) is 0.294. The lowest BCUT2D eigenvalue weighted by Gasteiger charge is -2.22. The summed E-state index contributed by atoms with van der Waals surface area (Å²) in [6.45, 7) is 1.67. The molecule has 1 amide bonds. The molecule has 0 unspecified atom stereocenters. The summed E-state index contributed by atoms with van der Waals surface area (Å²) in [4.78, 5) is 21.2. The van der Waals surface area contributed by atoms with Crippen molar-refractivity contribution in [1.29, 1.82) is 0 Å².